The van der Waals surface area contributed by atoms with Crippen molar-refractivity contribution >= 4 is 12.1 Å². The Morgan fingerprint density at radius 2 is 1.82 bits per heavy atom. The summed E-state index contributed by atoms with van der Waals surface area (Å²) in [6, 6.07) is 8.66. The number of carbonyl (C=O) groups excluding carboxylic acids is 1. The molecular weight excluding hydrogens is 420 g/mol. The van der Waals surface area contributed by atoms with E-state index in [9.17, 15) is 19.5 Å². The Morgan fingerprint density at radius 1 is 1.12 bits per heavy atom. The molecule has 0 spiro atoms. The summed E-state index contributed by atoms with van der Waals surface area (Å²) in [5.74, 6) is -1.31. The predicted molar refractivity (Wildman–Crippen MR) is 127 cm³/mol. The van der Waals surface area contributed by atoms with Gasteiger partial charge in [-0.15, -0.1) is 0 Å². The minimum absolute atomic E-state index is 0.0407. The van der Waals surface area contributed by atoms with Crippen LogP contribution in [0.5, 0.6) is 0 Å². The van der Waals surface area contributed by atoms with Gasteiger partial charge in [-0.05, 0) is 94.5 Å². The van der Waals surface area contributed by atoms with Gasteiger partial charge in [-0.2, -0.15) is 0 Å². The molecule has 0 fully saturated rings. The molecule has 33 heavy (non-hydrogen) atoms. The molecule has 0 aliphatic heterocycles. The van der Waals surface area contributed by atoms with Crippen molar-refractivity contribution in [2.75, 3.05) is 0 Å². The van der Waals surface area contributed by atoms with E-state index in [1.807, 2.05) is 26.1 Å². The number of ether oxygens (including phenoxy) is 1. The number of aliphatic carboxylic acids is 1. The van der Waals surface area contributed by atoms with Crippen molar-refractivity contribution in [1.82, 2.24) is 9.88 Å². The largest absolute Gasteiger partial charge is 0.480 e. The number of alkyl carbamates (subject to hydrolysis) is 1. The maximum absolute atomic E-state index is 12.3. The fourth-order valence-electron chi connectivity index (χ4n) is 4.36. The minimum Gasteiger partial charge on any atom is -0.480 e. The molecule has 2 aromatic rings. The highest BCUT2D eigenvalue weighted by Gasteiger charge is 2.33. The molecular formula is C26H34N2O5. The quantitative estimate of drug-likeness (QED) is 0.645. The molecule has 1 aliphatic rings. The van der Waals surface area contributed by atoms with Crippen molar-refractivity contribution in [3.63, 3.8) is 0 Å². The van der Waals surface area contributed by atoms with E-state index < -0.39 is 23.7 Å². The highest BCUT2D eigenvalue weighted by atomic mass is 16.6. The molecule has 1 aromatic heterocycles. The first kappa shape index (κ1) is 24.6. The van der Waals surface area contributed by atoms with Crippen LogP contribution in [0.1, 0.15) is 64.6 Å². The van der Waals surface area contributed by atoms with E-state index in [1.165, 1.54) is 5.56 Å². The van der Waals surface area contributed by atoms with E-state index >= 15 is 0 Å². The number of aryl methyl sites for hydroxylation is 1. The predicted octanol–water partition coefficient (Wildman–Crippen LogP) is 4.57. The number of hydrogen-bond donors (Lipinski definition) is 2. The Hall–Kier alpha value is -3.09. The fraction of sp³-hybridized carbons (Fsp3) is 0.500. The summed E-state index contributed by atoms with van der Waals surface area (Å²) in [6.07, 6.45) is 4.08. The normalized spacial score (nSPS) is 17.1. The Labute approximate surface area is 194 Å². The number of carboxylic acids is 1. The van der Waals surface area contributed by atoms with E-state index in [4.69, 9.17) is 4.74 Å². The number of amides is 1. The SMILES string of the molecule is CC(C)n1cc(-c2ccc3c(c2)CC([C@H](NC(=O)OC(C)(C)C)C(=O)O)CCC3)ccc1=O. The standard InChI is InChI=1S/C26H34N2O5/c1-16(2)28-15-20(11-12-22(28)29)18-10-9-17-7-6-8-19(14-21(17)13-18)23(24(30)31)27-25(32)33-26(3,4)5/h9-13,15-16,19,23H,6-8,14H2,1-5H3,(H,27,32)(H,30,31)/t19?,23-/m0/s1. The van der Waals surface area contributed by atoms with Crippen LogP contribution in [-0.2, 0) is 22.4 Å². The van der Waals surface area contributed by atoms with Gasteiger partial charge in [-0.1, -0.05) is 18.2 Å². The van der Waals surface area contributed by atoms with E-state index in [0.717, 1.165) is 29.5 Å². The lowest BCUT2D eigenvalue weighted by molar-refractivity contribution is -0.141. The molecule has 1 amide bonds. The lowest BCUT2D eigenvalue weighted by Gasteiger charge is -2.26. The topological polar surface area (TPSA) is 97.6 Å². The molecule has 7 heteroatoms. The number of benzene rings is 1. The van der Waals surface area contributed by atoms with Crippen molar-refractivity contribution in [3.8, 4) is 11.1 Å². The molecule has 0 radical (unpaired) electrons. The lowest BCUT2D eigenvalue weighted by Crippen LogP contribution is -2.48. The first-order chi connectivity index (χ1) is 15.4. The van der Waals surface area contributed by atoms with Gasteiger partial charge in [-0.3, -0.25) is 4.79 Å². The fourth-order valence-corrected chi connectivity index (χ4v) is 4.36. The molecule has 1 heterocycles. The van der Waals surface area contributed by atoms with Gasteiger partial charge in [0.25, 0.3) is 5.56 Å². The van der Waals surface area contributed by atoms with Crippen molar-refractivity contribution in [2.45, 2.75) is 78.0 Å². The second-order valence-electron chi connectivity index (χ2n) is 10.1. The van der Waals surface area contributed by atoms with Gasteiger partial charge >= 0.3 is 12.1 Å². The van der Waals surface area contributed by atoms with Crippen molar-refractivity contribution in [1.29, 1.82) is 0 Å². The summed E-state index contributed by atoms with van der Waals surface area (Å²) in [5.41, 5.74) is 3.45. The van der Waals surface area contributed by atoms with Crippen LogP contribution in [0, 0.1) is 5.92 Å². The zero-order valence-electron chi connectivity index (χ0n) is 20.1. The first-order valence-electron chi connectivity index (χ1n) is 11.5. The summed E-state index contributed by atoms with van der Waals surface area (Å²) in [5, 5.41) is 12.4. The molecule has 0 saturated heterocycles. The van der Waals surface area contributed by atoms with Gasteiger partial charge in [0.15, 0.2) is 0 Å². The number of rotatable bonds is 5. The molecule has 178 valence electrons. The van der Waals surface area contributed by atoms with Crippen molar-refractivity contribution in [2.24, 2.45) is 5.92 Å². The third-order valence-corrected chi connectivity index (χ3v) is 5.95. The third kappa shape index (κ3) is 6.24. The van der Waals surface area contributed by atoms with Crippen LogP contribution >= 0.6 is 0 Å². The van der Waals surface area contributed by atoms with Crippen molar-refractivity contribution < 1.29 is 19.4 Å². The van der Waals surface area contributed by atoms with E-state index in [2.05, 4.69) is 23.5 Å². The number of carbonyl (C=O) groups is 2. The van der Waals surface area contributed by atoms with Gasteiger partial charge in [-0.25, -0.2) is 9.59 Å². The number of aromatic nitrogens is 1. The van der Waals surface area contributed by atoms with Crippen LogP contribution < -0.4 is 10.9 Å². The number of pyridine rings is 1. The van der Waals surface area contributed by atoms with E-state index in [1.54, 1.807) is 31.4 Å². The third-order valence-electron chi connectivity index (χ3n) is 5.95. The molecule has 1 aromatic carbocycles. The number of fused-ring (bicyclic) bond motifs is 1. The molecule has 2 atom stereocenters. The smallest absolute Gasteiger partial charge is 0.408 e. The zero-order chi connectivity index (χ0) is 24.3. The first-order valence-corrected chi connectivity index (χ1v) is 11.5. The molecule has 7 nitrogen and oxygen atoms in total. The maximum Gasteiger partial charge on any atom is 0.408 e. The summed E-state index contributed by atoms with van der Waals surface area (Å²) in [7, 11) is 0. The highest BCUT2D eigenvalue weighted by molar-refractivity contribution is 5.80. The van der Waals surface area contributed by atoms with Gasteiger partial charge in [0, 0.05) is 18.3 Å². The van der Waals surface area contributed by atoms with Crippen LogP contribution in [0.3, 0.4) is 0 Å². The molecule has 1 aliphatic carbocycles. The molecule has 1 unspecified atom stereocenters. The second-order valence-corrected chi connectivity index (χ2v) is 10.1. The average Bonchev–Trinajstić information content (AvgIpc) is 2.92. The number of hydrogen-bond acceptors (Lipinski definition) is 4. The minimum atomic E-state index is -1.06. The van der Waals surface area contributed by atoms with Gasteiger partial charge in [0.05, 0.1) is 0 Å². The Balaban J connectivity index is 1.88. The summed E-state index contributed by atoms with van der Waals surface area (Å²) >= 11 is 0. The monoisotopic (exact) mass is 454 g/mol. The number of carboxylic acid groups (broad SMARTS) is 1. The Kier molecular flexibility index (Phi) is 7.30. The number of nitrogens with zero attached hydrogens (tertiary/aromatic N) is 1. The Bertz CT molecular complexity index is 1080. The summed E-state index contributed by atoms with van der Waals surface area (Å²) in [6.45, 7) is 9.17. The highest BCUT2D eigenvalue weighted by Crippen LogP contribution is 2.31. The molecule has 3 rings (SSSR count). The van der Waals surface area contributed by atoms with Gasteiger partial charge in [0.1, 0.15) is 11.6 Å². The maximum atomic E-state index is 12.3. The zero-order valence-corrected chi connectivity index (χ0v) is 20.1. The van der Waals surface area contributed by atoms with Crippen LogP contribution in [0.2, 0.25) is 0 Å². The second kappa shape index (κ2) is 9.81. The van der Waals surface area contributed by atoms with E-state index in [-0.39, 0.29) is 17.5 Å². The van der Waals surface area contributed by atoms with E-state index in [0.29, 0.717) is 12.8 Å². The Morgan fingerprint density at radius 3 is 2.45 bits per heavy atom. The number of nitrogens with one attached hydrogen (secondary N) is 1. The van der Waals surface area contributed by atoms with Crippen LogP contribution in [0.4, 0.5) is 4.79 Å². The van der Waals surface area contributed by atoms with Crippen LogP contribution in [-0.4, -0.2) is 33.4 Å². The van der Waals surface area contributed by atoms with Crippen molar-refractivity contribution in [3.05, 3.63) is 58.0 Å². The van der Waals surface area contributed by atoms with Crippen LogP contribution in [0.15, 0.2) is 41.3 Å². The summed E-state index contributed by atoms with van der Waals surface area (Å²) < 4.78 is 6.99. The van der Waals surface area contributed by atoms with Gasteiger partial charge in [0.2, 0.25) is 0 Å². The van der Waals surface area contributed by atoms with Crippen LogP contribution in [0.25, 0.3) is 11.1 Å². The average molecular weight is 455 g/mol. The van der Waals surface area contributed by atoms with Gasteiger partial charge < -0.3 is 19.7 Å². The molecule has 0 bridgehead atoms. The molecule has 0 saturated carbocycles. The molecule has 2 N–H and O–H groups in total. The summed E-state index contributed by atoms with van der Waals surface area (Å²) in [4.78, 5) is 36.5. The lowest BCUT2D eigenvalue weighted by atomic mass is 9.89.